The van der Waals surface area contributed by atoms with Crippen LogP contribution in [0.4, 0.5) is 5.95 Å². The van der Waals surface area contributed by atoms with Crippen molar-refractivity contribution in [1.82, 2.24) is 14.9 Å². The molecule has 1 amide bonds. The number of carbonyl (C=O) groups is 1. The van der Waals surface area contributed by atoms with Crippen LogP contribution in [0, 0.1) is 0 Å². The second-order valence-electron chi connectivity index (χ2n) is 6.28. The molecule has 1 aromatic heterocycles. The summed E-state index contributed by atoms with van der Waals surface area (Å²) in [5.41, 5.74) is 0. The van der Waals surface area contributed by atoms with E-state index in [0.717, 1.165) is 5.75 Å². The molecular formula is C19H24N4O3. The number of benzene rings is 1. The molecule has 2 heterocycles. The average molecular weight is 356 g/mol. The number of anilines is 1. The molecule has 0 aliphatic carbocycles. The third kappa shape index (κ3) is 5.16. The highest BCUT2D eigenvalue weighted by atomic mass is 16.5. The summed E-state index contributed by atoms with van der Waals surface area (Å²) >= 11 is 0. The van der Waals surface area contributed by atoms with Crippen molar-refractivity contribution in [1.29, 1.82) is 0 Å². The van der Waals surface area contributed by atoms with Gasteiger partial charge >= 0.3 is 0 Å². The number of hydrogen-bond acceptors (Lipinski definition) is 6. The molecule has 0 saturated carbocycles. The fourth-order valence-electron chi connectivity index (χ4n) is 2.95. The Hall–Kier alpha value is -2.67. The Bertz CT molecular complexity index is 684. The fourth-order valence-corrected chi connectivity index (χ4v) is 2.95. The van der Waals surface area contributed by atoms with E-state index in [4.69, 9.17) is 4.74 Å². The van der Waals surface area contributed by atoms with E-state index in [9.17, 15) is 9.90 Å². The van der Waals surface area contributed by atoms with E-state index in [2.05, 4.69) is 15.3 Å². The van der Waals surface area contributed by atoms with Gasteiger partial charge in [0.15, 0.2) is 0 Å². The normalized spacial score (nSPS) is 19.8. The van der Waals surface area contributed by atoms with E-state index in [1.165, 1.54) is 0 Å². The van der Waals surface area contributed by atoms with Gasteiger partial charge in [-0.25, -0.2) is 9.97 Å². The molecule has 0 spiro atoms. The average Bonchev–Trinajstić information content (AvgIpc) is 2.68. The Morgan fingerprint density at radius 1 is 1.23 bits per heavy atom. The van der Waals surface area contributed by atoms with Crippen LogP contribution in [0.1, 0.15) is 19.3 Å². The van der Waals surface area contributed by atoms with Crippen LogP contribution in [-0.4, -0.2) is 57.7 Å². The second kappa shape index (κ2) is 9.15. The summed E-state index contributed by atoms with van der Waals surface area (Å²) in [5.74, 6) is 1.36. The van der Waals surface area contributed by atoms with Crippen LogP contribution in [0.5, 0.6) is 5.75 Å². The van der Waals surface area contributed by atoms with Crippen molar-refractivity contribution in [2.24, 2.45) is 0 Å². The minimum Gasteiger partial charge on any atom is -0.494 e. The summed E-state index contributed by atoms with van der Waals surface area (Å²) < 4.78 is 5.60. The molecule has 2 aromatic rings. The predicted octanol–water partition coefficient (Wildman–Crippen LogP) is 1.71. The number of ether oxygens (including phenoxy) is 1. The molecule has 138 valence electrons. The Balaban J connectivity index is 1.38. The van der Waals surface area contributed by atoms with Crippen molar-refractivity contribution in [2.75, 3.05) is 25.0 Å². The standard InChI is InChI=1S/C19H24N4O3/c24-17-14-23(12-9-16(17)22-19-20-10-5-11-21-19)18(25)8-4-13-26-15-6-2-1-3-7-15/h1-3,5-7,10-11,16-17,24H,4,8-9,12-14H2,(H,20,21,22)/t16-,17-/m1/s1. The minimum atomic E-state index is -0.642. The Morgan fingerprint density at radius 3 is 2.73 bits per heavy atom. The number of para-hydroxylation sites is 1. The van der Waals surface area contributed by atoms with Gasteiger partial charge in [-0.15, -0.1) is 0 Å². The van der Waals surface area contributed by atoms with Gasteiger partial charge in [-0.1, -0.05) is 18.2 Å². The molecule has 1 aliphatic heterocycles. The third-order valence-corrected chi connectivity index (χ3v) is 4.36. The maximum absolute atomic E-state index is 12.3. The van der Waals surface area contributed by atoms with Crippen LogP contribution < -0.4 is 10.1 Å². The van der Waals surface area contributed by atoms with Crippen LogP contribution in [-0.2, 0) is 4.79 Å². The summed E-state index contributed by atoms with van der Waals surface area (Å²) in [6.45, 7) is 1.44. The van der Waals surface area contributed by atoms with E-state index in [-0.39, 0.29) is 11.9 Å². The van der Waals surface area contributed by atoms with E-state index in [1.807, 2.05) is 30.3 Å². The second-order valence-corrected chi connectivity index (χ2v) is 6.28. The quantitative estimate of drug-likeness (QED) is 0.735. The van der Waals surface area contributed by atoms with E-state index >= 15 is 0 Å². The van der Waals surface area contributed by atoms with Gasteiger partial charge in [-0.05, 0) is 31.0 Å². The maximum atomic E-state index is 12.3. The first-order valence-corrected chi connectivity index (χ1v) is 8.89. The minimum absolute atomic E-state index is 0.0510. The number of piperidine rings is 1. The van der Waals surface area contributed by atoms with Gasteiger partial charge in [0.1, 0.15) is 5.75 Å². The number of aliphatic hydroxyl groups excluding tert-OH is 1. The number of aromatic nitrogens is 2. The first-order chi connectivity index (χ1) is 12.7. The van der Waals surface area contributed by atoms with Gasteiger partial charge in [0.25, 0.3) is 0 Å². The lowest BCUT2D eigenvalue weighted by molar-refractivity contribution is -0.134. The Morgan fingerprint density at radius 2 is 2.00 bits per heavy atom. The molecule has 26 heavy (non-hydrogen) atoms. The lowest BCUT2D eigenvalue weighted by atomic mass is 10.0. The van der Waals surface area contributed by atoms with E-state index in [0.29, 0.717) is 44.9 Å². The lowest BCUT2D eigenvalue weighted by Gasteiger charge is -2.36. The van der Waals surface area contributed by atoms with Gasteiger partial charge in [-0.3, -0.25) is 4.79 Å². The maximum Gasteiger partial charge on any atom is 0.222 e. The van der Waals surface area contributed by atoms with Crippen molar-refractivity contribution < 1.29 is 14.6 Å². The van der Waals surface area contributed by atoms with E-state index < -0.39 is 6.10 Å². The molecule has 7 nitrogen and oxygen atoms in total. The molecule has 1 aliphatic rings. The zero-order chi connectivity index (χ0) is 18.2. The van der Waals surface area contributed by atoms with Crippen molar-refractivity contribution >= 4 is 11.9 Å². The van der Waals surface area contributed by atoms with Crippen molar-refractivity contribution in [3.63, 3.8) is 0 Å². The topological polar surface area (TPSA) is 87.6 Å². The summed E-state index contributed by atoms with van der Waals surface area (Å²) in [5, 5.41) is 13.5. The first-order valence-electron chi connectivity index (χ1n) is 8.89. The van der Waals surface area contributed by atoms with Crippen molar-refractivity contribution in [3.8, 4) is 5.75 Å². The highest BCUT2D eigenvalue weighted by molar-refractivity contribution is 5.76. The van der Waals surface area contributed by atoms with Crippen molar-refractivity contribution in [2.45, 2.75) is 31.4 Å². The molecule has 2 atom stereocenters. The van der Waals surface area contributed by atoms with Crippen LogP contribution >= 0.6 is 0 Å². The summed E-state index contributed by atoms with van der Waals surface area (Å²) in [4.78, 5) is 22.3. The summed E-state index contributed by atoms with van der Waals surface area (Å²) in [6.07, 6.45) is 4.39. The van der Waals surface area contributed by atoms with Gasteiger partial charge < -0.3 is 20.1 Å². The van der Waals surface area contributed by atoms with Gasteiger partial charge in [0.2, 0.25) is 11.9 Å². The van der Waals surface area contributed by atoms with Crippen LogP contribution in [0.15, 0.2) is 48.8 Å². The van der Waals surface area contributed by atoms with E-state index in [1.54, 1.807) is 23.4 Å². The number of amides is 1. The molecule has 0 bridgehead atoms. The van der Waals surface area contributed by atoms with Crippen LogP contribution in [0.25, 0.3) is 0 Å². The highest BCUT2D eigenvalue weighted by Gasteiger charge is 2.30. The van der Waals surface area contributed by atoms with Crippen LogP contribution in [0.2, 0.25) is 0 Å². The molecule has 2 N–H and O–H groups in total. The number of hydrogen-bond donors (Lipinski definition) is 2. The number of nitrogens with one attached hydrogen (secondary N) is 1. The molecule has 0 unspecified atom stereocenters. The Kier molecular flexibility index (Phi) is 6.38. The fraction of sp³-hybridized carbons (Fsp3) is 0.421. The number of carbonyl (C=O) groups excluding carboxylic acids is 1. The number of aliphatic hydroxyl groups is 1. The Labute approximate surface area is 153 Å². The molecule has 3 rings (SSSR count). The molecular weight excluding hydrogens is 332 g/mol. The molecule has 1 aromatic carbocycles. The number of rotatable bonds is 7. The van der Waals surface area contributed by atoms with Gasteiger partial charge in [0, 0.05) is 31.9 Å². The highest BCUT2D eigenvalue weighted by Crippen LogP contribution is 2.16. The van der Waals surface area contributed by atoms with Crippen molar-refractivity contribution in [3.05, 3.63) is 48.8 Å². The SMILES string of the molecule is O=C(CCCOc1ccccc1)N1CC[C@@H](Nc2ncccn2)[C@H](O)C1. The molecule has 0 radical (unpaired) electrons. The largest absolute Gasteiger partial charge is 0.494 e. The van der Waals surface area contributed by atoms with Gasteiger partial charge in [0.05, 0.1) is 18.8 Å². The molecule has 1 saturated heterocycles. The zero-order valence-electron chi connectivity index (χ0n) is 14.6. The first kappa shape index (κ1) is 18.1. The number of likely N-dealkylation sites (tertiary alicyclic amines) is 1. The smallest absolute Gasteiger partial charge is 0.222 e. The predicted molar refractivity (Wildman–Crippen MR) is 97.8 cm³/mol. The zero-order valence-corrected chi connectivity index (χ0v) is 14.6. The summed E-state index contributed by atoms with van der Waals surface area (Å²) in [6, 6.07) is 11.1. The molecule has 7 heteroatoms. The van der Waals surface area contributed by atoms with Gasteiger partial charge in [-0.2, -0.15) is 0 Å². The number of nitrogens with zero attached hydrogens (tertiary/aromatic N) is 3. The monoisotopic (exact) mass is 356 g/mol. The molecule has 1 fully saturated rings. The summed E-state index contributed by atoms with van der Waals surface area (Å²) in [7, 11) is 0. The van der Waals surface area contributed by atoms with Crippen LogP contribution in [0.3, 0.4) is 0 Å². The number of β-amino-alcohol motifs (C(OH)–C–C–N with tert-alkyl or cyclic N) is 1. The lowest BCUT2D eigenvalue weighted by Crippen LogP contribution is -2.51. The third-order valence-electron chi connectivity index (χ3n) is 4.36.